The fourth-order valence-corrected chi connectivity index (χ4v) is 7.25. The number of carbonyl (C=O) groups is 2. The zero-order valence-corrected chi connectivity index (χ0v) is 36.1. The third kappa shape index (κ3) is 41.9. The van der Waals surface area contributed by atoms with Crippen molar-refractivity contribution < 1.29 is 37.9 Å². The Hall–Kier alpha value is -1.25. The fourth-order valence-electron chi connectivity index (χ4n) is 6.49. The molecule has 2 atom stereocenters. The van der Waals surface area contributed by atoms with Crippen LogP contribution in [0, 0.1) is 0 Å². The van der Waals surface area contributed by atoms with Crippen LogP contribution in [0.15, 0.2) is 12.2 Å². The highest BCUT2D eigenvalue weighted by atomic mass is 31.2. The van der Waals surface area contributed by atoms with E-state index in [0.29, 0.717) is 6.42 Å². The number of amides is 1. The zero-order valence-electron chi connectivity index (χ0n) is 35.2. The summed E-state index contributed by atoms with van der Waals surface area (Å²) in [5.41, 5.74) is 0. The standard InChI is InChI=1S/C44H86NO8P/c1-3-5-7-9-11-13-15-17-19-20-21-22-23-24-26-28-30-32-34-36-43(47)45-38-39-52-54(49,50)53-41-42(46)40-51-44(48)37-35-33-31-29-27-25-18-16-14-12-10-8-6-4-2/h16,18,42,46H,3-15,17,19-41H2,1-2H3,(H,45,47)(H,49,50)/b18-16-. The van der Waals surface area contributed by atoms with Crippen molar-refractivity contribution in [1.29, 1.82) is 0 Å². The summed E-state index contributed by atoms with van der Waals surface area (Å²) in [4.78, 5) is 33.9. The molecular weight excluding hydrogens is 701 g/mol. The molecule has 0 aliphatic carbocycles. The molecule has 0 rings (SSSR count). The second kappa shape index (κ2) is 41.4. The van der Waals surface area contributed by atoms with Gasteiger partial charge in [0.15, 0.2) is 0 Å². The summed E-state index contributed by atoms with van der Waals surface area (Å²) in [6, 6.07) is 0. The minimum absolute atomic E-state index is 0.0857. The van der Waals surface area contributed by atoms with Crippen molar-refractivity contribution in [1.82, 2.24) is 5.32 Å². The number of esters is 1. The molecule has 0 spiro atoms. The number of hydrogen-bond acceptors (Lipinski definition) is 7. The van der Waals surface area contributed by atoms with E-state index in [-0.39, 0.29) is 32.1 Å². The van der Waals surface area contributed by atoms with Gasteiger partial charge in [0.05, 0.1) is 13.2 Å². The average molecular weight is 788 g/mol. The molecule has 320 valence electrons. The molecule has 0 aromatic rings. The maximum absolute atomic E-state index is 12.1. The van der Waals surface area contributed by atoms with Crippen LogP contribution in [-0.4, -0.2) is 54.3 Å². The lowest BCUT2D eigenvalue weighted by molar-refractivity contribution is -0.147. The smallest absolute Gasteiger partial charge is 0.463 e. The number of allylic oxidation sites excluding steroid dienone is 2. The van der Waals surface area contributed by atoms with Gasteiger partial charge in [-0.15, -0.1) is 0 Å². The lowest BCUT2D eigenvalue weighted by Gasteiger charge is -2.15. The molecule has 0 aliphatic heterocycles. The molecule has 9 nitrogen and oxygen atoms in total. The summed E-state index contributed by atoms with van der Waals surface area (Å²) in [5.74, 6) is -0.515. The summed E-state index contributed by atoms with van der Waals surface area (Å²) < 4.78 is 26.9. The van der Waals surface area contributed by atoms with Crippen molar-refractivity contribution in [2.45, 2.75) is 232 Å². The molecule has 2 unspecified atom stereocenters. The molecule has 3 N–H and O–H groups in total. The second-order valence-electron chi connectivity index (χ2n) is 15.4. The first-order valence-corrected chi connectivity index (χ1v) is 24.2. The van der Waals surface area contributed by atoms with Crippen LogP contribution >= 0.6 is 7.82 Å². The Balaban J connectivity index is 3.55. The van der Waals surface area contributed by atoms with Crippen LogP contribution in [0.25, 0.3) is 0 Å². The van der Waals surface area contributed by atoms with Crippen molar-refractivity contribution in [3.63, 3.8) is 0 Å². The van der Waals surface area contributed by atoms with Crippen LogP contribution in [0.4, 0.5) is 0 Å². The first kappa shape index (κ1) is 52.8. The minimum Gasteiger partial charge on any atom is -0.463 e. The Morgan fingerprint density at radius 2 is 0.944 bits per heavy atom. The number of hydrogen-bond donors (Lipinski definition) is 3. The lowest BCUT2D eigenvalue weighted by atomic mass is 10.0. The highest BCUT2D eigenvalue weighted by Gasteiger charge is 2.23. The third-order valence-corrected chi connectivity index (χ3v) is 10.9. The van der Waals surface area contributed by atoms with Gasteiger partial charge in [0, 0.05) is 19.4 Å². The van der Waals surface area contributed by atoms with E-state index in [0.717, 1.165) is 57.8 Å². The molecule has 10 heteroatoms. The van der Waals surface area contributed by atoms with Crippen LogP contribution in [0.2, 0.25) is 0 Å². The van der Waals surface area contributed by atoms with E-state index in [2.05, 4.69) is 31.3 Å². The van der Waals surface area contributed by atoms with Gasteiger partial charge in [0.2, 0.25) is 5.91 Å². The number of rotatable bonds is 43. The monoisotopic (exact) mass is 788 g/mol. The molecule has 0 bridgehead atoms. The van der Waals surface area contributed by atoms with Gasteiger partial charge in [0.1, 0.15) is 12.7 Å². The Labute approximate surface area is 332 Å². The van der Waals surface area contributed by atoms with Crippen molar-refractivity contribution in [2.75, 3.05) is 26.4 Å². The van der Waals surface area contributed by atoms with Gasteiger partial charge in [-0.3, -0.25) is 18.6 Å². The molecule has 0 aliphatic rings. The molecule has 54 heavy (non-hydrogen) atoms. The topological polar surface area (TPSA) is 131 Å². The second-order valence-corrected chi connectivity index (χ2v) is 16.8. The van der Waals surface area contributed by atoms with Gasteiger partial charge >= 0.3 is 13.8 Å². The first-order chi connectivity index (χ1) is 26.3. The number of carbonyl (C=O) groups excluding carboxylic acids is 2. The molecule has 1 amide bonds. The normalized spacial score (nSPS) is 13.3. The Morgan fingerprint density at radius 1 is 0.556 bits per heavy atom. The number of aliphatic hydroxyl groups excluding tert-OH is 1. The van der Waals surface area contributed by atoms with Crippen LogP contribution < -0.4 is 5.32 Å². The molecule has 0 heterocycles. The summed E-state index contributed by atoms with van der Waals surface area (Å²) >= 11 is 0. The number of nitrogens with one attached hydrogen (secondary N) is 1. The predicted molar refractivity (Wildman–Crippen MR) is 225 cm³/mol. The van der Waals surface area contributed by atoms with Crippen LogP contribution in [-0.2, 0) is 27.9 Å². The molecule has 0 saturated carbocycles. The van der Waals surface area contributed by atoms with Gasteiger partial charge in [0.25, 0.3) is 0 Å². The molecule has 0 radical (unpaired) electrons. The number of phosphoric acid groups is 1. The van der Waals surface area contributed by atoms with Gasteiger partial charge in [-0.1, -0.05) is 187 Å². The molecule has 0 fully saturated rings. The highest BCUT2D eigenvalue weighted by Crippen LogP contribution is 2.42. The highest BCUT2D eigenvalue weighted by molar-refractivity contribution is 7.47. The van der Waals surface area contributed by atoms with Crippen molar-refractivity contribution in [2.24, 2.45) is 0 Å². The molecule has 0 aromatic heterocycles. The Bertz CT molecular complexity index is 902. The van der Waals surface area contributed by atoms with Crippen molar-refractivity contribution >= 4 is 19.7 Å². The molecule has 0 aromatic carbocycles. The average Bonchev–Trinajstić information content (AvgIpc) is 3.16. The van der Waals surface area contributed by atoms with Crippen molar-refractivity contribution in [3.8, 4) is 0 Å². The van der Waals surface area contributed by atoms with E-state index in [9.17, 15) is 24.2 Å². The minimum atomic E-state index is -4.41. The number of unbranched alkanes of at least 4 members (excludes halogenated alkanes) is 28. The van der Waals surface area contributed by atoms with Gasteiger partial charge in [-0.25, -0.2) is 4.57 Å². The van der Waals surface area contributed by atoms with Crippen LogP contribution in [0.1, 0.15) is 226 Å². The van der Waals surface area contributed by atoms with E-state index < -0.39 is 26.5 Å². The van der Waals surface area contributed by atoms with E-state index in [1.807, 2.05) is 0 Å². The number of aliphatic hydroxyl groups is 1. The van der Waals surface area contributed by atoms with Crippen LogP contribution in [0.5, 0.6) is 0 Å². The molecular formula is C44H86NO8P. The zero-order chi connectivity index (χ0) is 39.6. The third-order valence-electron chi connectivity index (χ3n) is 9.95. The maximum Gasteiger partial charge on any atom is 0.472 e. The quantitative estimate of drug-likeness (QED) is 0.0241. The largest absolute Gasteiger partial charge is 0.472 e. The number of ether oxygens (including phenoxy) is 1. The summed E-state index contributed by atoms with van der Waals surface area (Å²) in [7, 11) is -4.41. The maximum atomic E-state index is 12.1. The van der Waals surface area contributed by atoms with Crippen LogP contribution in [0.3, 0.4) is 0 Å². The fraction of sp³-hybridized carbons (Fsp3) is 0.909. The van der Waals surface area contributed by atoms with Gasteiger partial charge in [-0.05, 0) is 38.5 Å². The summed E-state index contributed by atoms with van der Waals surface area (Å²) in [6.45, 7) is 3.57. The summed E-state index contributed by atoms with van der Waals surface area (Å²) in [6.07, 6.45) is 42.9. The SMILES string of the molecule is CCCCCCC/C=C\CCCCCCCC(=O)OCC(O)COP(=O)(O)OCCNC(=O)CCCCCCCCCCCCCCCCCCCCC. The van der Waals surface area contributed by atoms with E-state index in [1.165, 1.54) is 141 Å². The van der Waals surface area contributed by atoms with Crippen molar-refractivity contribution in [3.05, 3.63) is 12.2 Å². The number of phosphoric ester groups is 1. The van der Waals surface area contributed by atoms with Gasteiger partial charge in [-0.2, -0.15) is 0 Å². The summed E-state index contributed by atoms with van der Waals surface area (Å²) in [5, 5.41) is 12.7. The van der Waals surface area contributed by atoms with E-state index in [4.69, 9.17) is 13.8 Å². The first-order valence-electron chi connectivity index (χ1n) is 22.7. The molecule has 0 saturated heterocycles. The Kier molecular flexibility index (Phi) is 40.4. The van der Waals surface area contributed by atoms with E-state index in [1.54, 1.807) is 0 Å². The van der Waals surface area contributed by atoms with Gasteiger partial charge < -0.3 is 20.1 Å². The predicted octanol–water partition coefficient (Wildman–Crippen LogP) is 12.6. The Morgan fingerprint density at radius 3 is 1.39 bits per heavy atom. The lowest BCUT2D eigenvalue weighted by Crippen LogP contribution is -2.27. The van der Waals surface area contributed by atoms with E-state index >= 15 is 0 Å².